The topological polar surface area (TPSA) is 73.6 Å². The largest absolute Gasteiger partial charge is 0.427 e. The minimum Gasteiger partial charge on any atom is -0.427 e. The zero-order valence-corrected chi connectivity index (χ0v) is 15.8. The van der Waals surface area contributed by atoms with Gasteiger partial charge in [-0.05, 0) is 47.4 Å². The summed E-state index contributed by atoms with van der Waals surface area (Å²) in [6, 6.07) is 10.9. The Morgan fingerprint density at radius 3 is 2.67 bits per heavy atom. The van der Waals surface area contributed by atoms with Gasteiger partial charge in [0.15, 0.2) is 5.82 Å². The van der Waals surface area contributed by atoms with Crippen molar-refractivity contribution in [3.63, 3.8) is 0 Å². The maximum atomic E-state index is 12.5. The Morgan fingerprint density at radius 2 is 2.00 bits per heavy atom. The van der Waals surface area contributed by atoms with Crippen molar-refractivity contribution >= 4 is 51.8 Å². The number of carbonyl (C=O) groups excluding carboxylic acids is 1. The van der Waals surface area contributed by atoms with Gasteiger partial charge in [-0.15, -0.1) is 16.4 Å². The van der Waals surface area contributed by atoms with Gasteiger partial charge in [-0.25, -0.2) is 0 Å². The average Bonchev–Trinajstić information content (AvgIpc) is 3.34. The lowest BCUT2D eigenvalue weighted by atomic mass is 10.2. The Morgan fingerprint density at radius 1 is 1.19 bits per heavy atom. The van der Waals surface area contributed by atoms with E-state index in [9.17, 15) is 9.59 Å². The van der Waals surface area contributed by atoms with Crippen molar-refractivity contribution in [2.24, 2.45) is 0 Å². The molecule has 134 valence electrons. The molecule has 0 unspecified atom stereocenters. The minimum atomic E-state index is -0.372. The van der Waals surface area contributed by atoms with Crippen LogP contribution in [-0.4, -0.2) is 20.6 Å². The van der Waals surface area contributed by atoms with Crippen LogP contribution in [0.15, 0.2) is 46.6 Å². The van der Waals surface area contributed by atoms with E-state index >= 15 is 0 Å². The Labute approximate surface area is 161 Å². The summed E-state index contributed by atoms with van der Waals surface area (Å²) < 4.78 is 6.86. The molecule has 27 heavy (non-hydrogen) atoms. The third kappa shape index (κ3) is 3.86. The van der Waals surface area contributed by atoms with E-state index in [-0.39, 0.29) is 11.5 Å². The minimum absolute atomic E-state index is 0.206. The van der Waals surface area contributed by atoms with Crippen molar-refractivity contribution in [2.75, 3.05) is 0 Å². The fourth-order valence-electron chi connectivity index (χ4n) is 2.41. The highest BCUT2D eigenvalue weighted by Crippen LogP contribution is 2.14. The molecule has 0 atom stereocenters. The SMILES string of the molecule is CC(=O)Oc1ccc(/C=c2\sc3nc(/C=C/c4cccs4)nn3c2=O)cc1. The van der Waals surface area contributed by atoms with Crippen molar-refractivity contribution in [3.05, 3.63) is 72.9 Å². The highest BCUT2D eigenvalue weighted by Gasteiger charge is 2.09. The number of thiophene rings is 1. The molecule has 0 saturated carbocycles. The second-order valence-corrected chi connectivity index (χ2v) is 7.58. The second kappa shape index (κ2) is 7.26. The van der Waals surface area contributed by atoms with Crippen molar-refractivity contribution < 1.29 is 9.53 Å². The summed E-state index contributed by atoms with van der Waals surface area (Å²) in [5.74, 6) is 0.596. The predicted molar refractivity (Wildman–Crippen MR) is 107 cm³/mol. The van der Waals surface area contributed by atoms with Gasteiger partial charge in [0.25, 0.3) is 5.56 Å². The van der Waals surface area contributed by atoms with Gasteiger partial charge in [-0.2, -0.15) is 9.50 Å². The summed E-state index contributed by atoms with van der Waals surface area (Å²) in [6.07, 6.45) is 5.48. The molecule has 0 aliphatic rings. The lowest BCUT2D eigenvalue weighted by molar-refractivity contribution is -0.131. The van der Waals surface area contributed by atoms with E-state index in [1.807, 2.05) is 23.6 Å². The molecule has 0 N–H and O–H groups in total. The van der Waals surface area contributed by atoms with Crippen molar-refractivity contribution in [1.29, 1.82) is 0 Å². The Balaban J connectivity index is 1.62. The molecule has 0 radical (unpaired) electrons. The average molecular weight is 395 g/mol. The molecular weight excluding hydrogens is 382 g/mol. The van der Waals surface area contributed by atoms with Crippen molar-refractivity contribution in [2.45, 2.75) is 6.92 Å². The van der Waals surface area contributed by atoms with Gasteiger partial charge >= 0.3 is 5.97 Å². The van der Waals surface area contributed by atoms with Crippen LogP contribution in [-0.2, 0) is 4.79 Å². The van der Waals surface area contributed by atoms with E-state index in [0.717, 1.165) is 10.4 Å². The molecule has 6 nitrogen and oxygen atoms in total. The summed E-state index contributed by atoms with van der Waals surface area (Å²) in [7, 11) is 0. The lowest BCUT2D eigenvalue weighted by Gasteiger charge is -2.00. The van der Waals surface area contributed by atoms with Gasteiger partial charge in [0.2, 0.25) is 4.96 Å². The molecule has 3 heterocycles. The van der Waals surface area contributed by atoms with Crippen LogP contribution in [0.2, 0.25) is 0 Å². The number of ether oxygens (including phenoxy) is 1. The third-order valence-electron chi connectivity index (χ3n) is 3.58. The number of esters is 1. The first-order chi connectivity index (χ1) is 13.1. The zero-order chi connectivity index (χ0) is 18.8. The van der Waals surface area contributed by atoms with Crippen LogP contribution in [0.5, 0.6) is 5.75 Å². The number of hydrogen-bond donors (Lipinski definition) is 0. The summed E-state index contributed by atoms with van der Waals surface area (Å²) in [4.78, 5) is 29.5. The van der Waals surface area contributed by atoms with E-state index in [1.165, 1.54) is 22.8 Å². The summed E-state index contributed by atoms with van der Waals surface area (Å²) in [5.41, 5.74) is 0.618. The second-order valence-electron chi connectivity index (χ2n) is 5.59. The van der Waals surface area contributed by atoms with E-state index in [2.05, 4.69) is 10.1 Å². The maximum absolute atomic E-state index is 12.5. The van der Waals surface area contributed by atoms with Crippen LogP contribution < -0.4 is 14.8 Å². The quantitative estimate of drug-likeness (QED) is 0.392. The number of aromatic nitrogens is 3. The number of carbonyl (C=O) groups is 1. The van der Waals surface area contributed by atoms with Crippen molar-refractivity contribution in [3.8, 4) is 5.75 Å². The molecule has 0 bridgehead atoms. The molecule has 4 rings (SSSR count). The third-order valence-corrected chi connectivity index (χ3v) is 5.37. The molecule has 0 aliphatic carbocycles. The van der Waals surface area contributed by atoms with Crippen LogP contribution >= 0.6 is 22.7 Å². The predicted octanol–water partition coefficient (Wildman–Crippen LogP) is 2.86. The van der Waals surface area contributed by atoms with E-state index in [0.29, 0.717) is 21.1 Å². The Bertz CT molecular complexity index is 1240. The highest BCUT2D eigenvalue weighted by molar-refractivity contribution is 7.15. The number of nitrogens with zero attached hydrogens (tertiary/aromatic N) is 3. The summed E-state index contributed by atoms with van der Waals surface area (Å²) >= 11 is 2.90. The first-order valence-electron chi connectivity index (χ1n) is 8.00. The zero-order valence-electron chi connectivity index (χ0n) is 14.2. The Hall–Kier alpha value is -3.10. The molecule has 8 heteroatoms. The molecule has 4 aromatic rings. The fourth-order valence-corrected chi connectivity index (χ4v) is 3.94. The molecule has 0 saturated heterocycles. The van der Waals surface area contributed by atoms with Crippen LogP contribution in [0.4, 0.5) is 0 Å². The van der Waals surface area contributed by atoms with Crippen LogP contribution in [0.3, 0.4) is 0 Å². The van der Waals surface area contributed by atoms with Crippen LogP contribution in [0.25, 0.3) is 23.2 Å². The number of thiazole rings is 1. The van der Waals surface area contributed by atoms with Gasteiger partial charge in [0.05, 0.1) is 4.53 Å². The molecule has 0 aliphatic heterocycles. The van der Waals surface area contributed by atoms with Crippen LogP contribution in [0.1, 0.15) is 23.2 Å². The fraction of sp³-hybridized carbons (Fsp3) is 0.0526. The van der Waals surface area contributed by atoms with Gasteiger partial charge in [-0.1, -0.05) is 29.5 Å². The maximum Gasteiger partial charge on any atom is 0.308 e. The summed E-state index contributed by atoms with van der Waals surface area (Å²) in [6.45, 7) is 1.35. The molecule has 0 spiro atoms. The number of benzene rings is 1. The smallest absolute Gasteiger partial charge is 0.308 e. The highest BCUT2D eigenvalue weighted by atomic mass is 32.1. The lowest BCUT2D eigenvalue weighted by Crippen LogP contribution is -2.23. The van der Waals surface area contributed by atoms with E-state index in [4.69, 9.17) is 4.74 Å². The van der Waals surface area contributed by atoms with Gasteiger partial charge < -0.3 is 4.74 Å². The van der Waals surface area contributed by atoms with E-state index < -0.39 is 0 Å². The monoisotopic (exact) mass is 395 g/mol. The first kappa shape index (κ1) is 17.3. The normalized spacial score (nSPS) is 12.3. The van der Waals surface area contributed by atoms with Gasteiger partial charge in [0, 0.05) is 11.8 Å². The first-order valence-corrected chi connectivity index (χ1v) is 9.69. The number of fused-ring (bicyclic) bond motifs is 1. The van der Waals surface area contributed by atoms with Crippen LogP contribution in [0, 0.1) is 0 Å². The van der Waals surface area contributed by atoms with Crippen molar-refractivity contribution in [1.82, 2.24) is 14.6 Å². The molecule has 3 aromatic heterocycles. The van der Waals surface area contributed by atoms with E-state index in [1.54, 1.807) is 47.8 Å². The number of hydrogen-bond acceptors (Lipinski definition) is 7. The Kier molecular flexibility index (Phi) is 4.66. The van der Waals surface area contributed by atoms with Gasteiger partial charge in [-0.3, -0.25) is 9.59 Å². The molecule has 1 aromatic carbocycles. The molecule has 0 amide bonds. The standard InChI is InChI=1S/C19H13N3O3S2/c1-12(23)25-14-6-4-13(5-7-14)11-16-18(24)22-19(27-16)20-17(21-22)9-8-15-3-2-10-26-15/h2-11H,1H3/b9-8+,16-11-. The van der Waals surface area contributed by atoms with Gasteiger partial charge in [0.1, 0.15) is 5.75 Å². The molecule has 0 fully saturated rings. The number of rotatable bonds is 4. The summed E-state index contributed by atoms with van der Waals surface area (Å²) in [5, 5.41) is 6.26. The molecular formula is C19H13N3O3S2.